The van der Waals surface area contributed by atoms with Gasteiger partial charge in [0.2, 0.25) is 0 Å². The molecule has 2 unspecified atom stereocenters. The highest BCUT2D eigenvalue weighted by Gasteiger charge is 2.24. The predicted molar refractivity (Wildman–Crippen MR) is 110 cm³/mol. The van der Waals surface area contributed by atoms with E-state index in [9.17, 15) is 5.11 Å². The van der Waals surface area contributed by atoms with E-state index in [1.54, 1.807) is 6.92 Å². The molecule has 1 aliphatic rings. The molecule has 1 heterocycles. The van der Waals surface area contributed by atoms with Gasteiger partial charge >= 0.3 is 0 Å². The van der Waals surface area contributed by atoms with Gasteiger partial charge in [-0.1, -0.05) is 48.5 Å². The number of halogens is 1. The Labute approximate surface area is 165 Å². The molecule has 3 rings (SSSR count). The van der Waals surface area contributed by atoms with Crippen LogP contribution in [-0.4, -0.2) is 24.2 Å². The maximum Gasteiger partial charge on any atom is 0.189 e. The van der Waals surface area contributed by atoms with E-state index >= 15 is 0 Å². The Hall–Kier alpha value is -1.80. The van der Waals surface area contributed by atoms with Crippen LogP contribution in [0.25, 0.3) is 0 Å². The van der Waals surface area contributed by atoms with Crippen LogP contribution in [0.1, 0.15) is 30.5 Å². The minimum Gasteiger partial charge on any atom is -0.493 e. The summed E-state index contributed by atoms with van der Waals surface area (Å²) in [6.45, 7) is 2.58. The molecule has 2 aromatic carbocycles. The quantitative estimate of drug-likeness (QED) is 0.378. The SMILES string of the molecule is CC(O)(CN=C(N)NC1CCOc2ccccc21)c1ccccc1.I. The van der Waals surface area contributed by atoms with Gasteiger partial charge in [-0.2, -0.15) is 0 Å². The second-order valence-electron chi connectivity index (χ2n) is 6.21. The lowest BCUT2D eigenvalue weighted by Gasteiger charge is -2.27. The first-order valence-electron chi connectivity index (χ1n) is 8.12. The number of benzene rings is 2. The van der Waals surface area contributed by atoms with Crippen LogP contribution in [0.15, 0.2) is 59.6 Å². The van der Waals surface area contributed by atoms with E-state index in [1.165, 1.54) is 0 Å². The van der Waals surface area contributed by atoms with Gasteiger partial charge in [-0.3, -0.25) is 4.99 Å². The fourth-order valence-electron chi connectivity index (χ4n) is 2.84. The van der Waals surface area contributed by atoms with Crippen LogP contribution >= 0.6 is 24.0 Å². The molecule has 0 aliphatic carbocycles. The minimum absolute atomic E-state index is 0. The fraction of sp³-hybridized carbons (Fsp3) is 0.316. The van der Waals surface area contributed by atoms with E-state index in [0.717, 1.165) is 23.3 Å². The summed E-state index contributed by atoms with van der Waals surface area (Å²) in [6.07, 6.45) is 0.822. The van der Waals surface area contributed by atoms with Gasteiger partial charge in [-0.05, 0) is 18.6 Å². The van der Waals surface area contributed by atoms with Crippen LogP contribution in [0.3, 0.4) is 0 Å². The van der Waals surface area contributed by atoms with Crippen molar-refractivity contribution in [1.29, 1.82) is 0 Å². The third kappa shape index (κ3) is 4.85. The lowest BCUT2D eigenvalue weighted by atomic mass is 9.96. The normalized spacial score (nSPS) is 19.0. The number of nitrogens with zero attached hydrogens (tertiary/aromatic N) is 1. The summed E-state index contributed by atoms with van der Waals surface area (Å²) < 4.78 is 5.65. The number of aliphatic hydroxyl groups is 1. The molecule has 0 fully saturated rings. The summed E-state index contributed by atoms with van der Waals surface area (Å²) in [6, 6.07) is 17.5. The zero-order valence-corrected chi connectivity index (χ0v) is 16.5. The molecule has 0 saturated heterocycles. The van der Waals surface area contributed by atoms with Crippen LogP contribution in [0.2, 0.25) is 0 Å². The number of rotatable bonds is 4. The number of hydrogen-bond donors (Lipinski definition) is 3. The maximum atomic E-state index is 10.6. The molecule has 0 saturated carbocycles. The Morgan fingerprint density at radius 1 is 1.24 bits per heavy atom. The van der Waals surface area contributed by atoms with Crippen LogP contribution in [0.5, 0.6) is 5.75 Å². The smallest absolute Gasteiger partial charge is 0.189 e. The van der Waals surface area contributed by atoms with Gasteiger partial charge in [0.25, 0.3) is 0 Å². The fourth-order valence-corrected chi connectivity index (χ4v) is 2.84. The van der Waals surface area contributed by atoms with Crippen molar-refractivity contribution in [3.63, 3.8) is 0 Å². The van der Waals surface area contributed by atoms with Crippen molar-refractivity contribution in [2.45, 2.75) is 25.0 Å². The lowest BCUT2D eigenvalue weighted by Crippen LogP contribution is -2.38. The molecule has 25 heavy (non-hydrogen) atoms. The molecule has 1 aliphatic heterocycles. The largest absolute Gasteiger partial charge is 0.493 e. The number of aliphatic imine (C=N–C) groups is 1. The predicted octanol–water partition coefficient (Wildman–Crippen LogP) is 2.94. The van der Waals surface area contributed by atoms with Gasteiger partial charge in [-0.25, -0.2) is 0 Å². The summed E-state index contributed by atoms with van der Waals surface area (Å²) in [5.74, 6) is 1.21. The van der Waals surface area contributed by atoms with E-state index in [1.807, 2.05) is 54.6 Å². The maximum absolute atomic E-state index is 10.6. The van der Waals surface area contributed by atoms with Gasteiger partial charge in [0.05, 0.1) is 19.2 Å². The van der Waals surface area contributed by atoms with Crippen LogP contribution < -0.4 is 15.8 Å². The van der Waals surface area contributed by atoms with Gasteiger partial charge < -0.3 is 20.9 Å². The first-order chi connectivity index (χ1) is 11.6. The molecule has 2 aromatic rings. The Morgan fingerprint density at radius 3 is 2.68 bits per heavy atom. The standard InChI is InChI=1S/C19H23N3O2.HI/c1-19(23,14-7-3-2-4-8-14)13-21-18(20)22-16-11-12-24-17-10-6-5-9-15(16)17;/h2-10,16,23H,11-13H2,1H3,(H3,20,21,22);1H. The highest BCUT2D eigenvalue weighted by atomic mass is 127. The number of ether oxygens (including phenoxy) is 1. The van der Waals surface area contributed by atoms with E-state index in [-0.39, 0.29) is 36.6 Å². The van der Waals surface area contributed by atoms with Gasteiger partial charge in [0.15, 0.2) is 5.96 Å². The number of hydrogen-bond acceptors (Lipinski definition) is 3. The summed E-state index contributed by atoms with van der Waals surface area (Å²) in [5.41, 5.74) is 6.88. The van der Waals surface area contributed by atoms with Gasteiger partial charge in [0, 0.05) is 12.0 Å². The van der Waals surface area contributed by atoms with E-state index in [2.05, 4.69) is 10.3 Å². The first-order valence-corrected chi connectivity index (χ1v) is 8.12. The van der Waals surface area contributed by atoms with E-state index in [0.29, 0.717) is 12.6 Å². The second-order valence-corrected chi connectivity index (χ2v) is 6.21. The minimum atomic E-state index is -1.05. The third-order valence-electron chi connectivity index (χ3n) is 4.23. The molecular weight excluding hydrogens is 429 g/mol. The summed E-state index contributed by atoms with van der Waals surface area (Å²) in [7, 11) is 0. The Kier molecular flexibility index (Phi) is 6.66. The second kappa shape index (κ2) is 8.53. The van der Waals surface area contributed by atoms with Gasteiger partial charge in [0.1, 0.15) is 11.4 Å². The molecule has 0 amide bonds. The Balaban J connectivity index is 0.00000225. The average molecular weight is 453 g/mol. The molecule has 134 valence electrons. The highest BCUT2D eigenvalue weighted by molar-refractivity contribution is 14.0. The van der Waals surface area contributed by atoms with Crippen molar-refractivity contribution in [2.24, 2.45) is 10.7 Å². The monoisotopic (exact) mass is 453 g/mol. The van der Waals surface area contributed by atoms with Crippen molar-refractivity contribution >= 4 is 29.9 Å². The molecule has 0 bridgehead atoms. The zero-order chi connectivity index (χ0) is 17.0. The highest BCUT2D eigenvalue weighted by Crippen LogP contribution is 2.31. The number of fused-ring (bicyclic) bond motifs is 1. The van der Waals surface area contributed by atoms with Crippen molar-refractivity contribution in [3.8, 4) is 5.75 Å². The molecule has 0 radical (unpaired) electrons. The summed E-state index contributed by atoms with van der Waals surface area (Å²) in [5, 5.41) is 13.8. The van der Waals surface area contributed by atoms with Crippen LogP contribution in [-0.2, 0) is 5.60 Å². The average Bonchev–Trinajstić information content (AvgIpc) is 2.61. The van der Waals surface area contributed by atoms with E-state index in [4.69, 9.17) is 10.5 Å². The van der Waals surface area contributed by atoms with Crippen LogP contribution in [0, 0.1) is 0 Å². The third-order valence-corrected chi connectivity index (χ3v) is 4.23. The Morgan fingerprint density at radius 2 is 1.92 bits per heavy atom. The molecular formula is C19H24IN3O2. The molecule has 5 nitrogen and oxygen atoms in total. The molecule has 2 atom stereocenters. The number of nitrogens with two attached hydrogens (primary N) is 1. The summed E-state index contributed by atoms with van der Waals surface area (Å²) >= 11 is 0. The van der Waals surface area contributed by atoms with E-state index < -0.39 is 5.60 Å². The zero-order valence-electron chi connectivity index (χ0n) is 14.2. The van der Waals surface area contributed by atoms with Gasteiger partial charge in [-0.15, -0.1) is 24.0 Å². The van der Waals surface area contributed by atoms with Crippen molar-refractivity contribution in [3.05, 3.63) is 65.7 Å². The molecule has 4 N–H and O–H groups in total. The molecule has 0 spiro atoms. The molecule has 0 aromatic heterocycles. The number of para-hydroxylation sites is 1. The molecule has 6 heteroatoms. The summed E-state index contributed by atoms with van der Waals surface area (Å²) in [4.78, 5) is 4.33. The Bertz CT molecular complexity index is 720. The van der Waals surface area contributed by atoms with Crippen molar-refractivity contribution < 1.29 is 9.84 Å². The topological polar surface area (TPSA) is 79.9 Å². The van der Waals surface area contributed by atoms with Crippen molar-refractivity contribution in [1.82, 2.24) is 5.32 Å². The first kappa shape index (κ1) is 19.5. The van der Waals surface area contributed by atoms with Crippen molar-refractivity contribution in [2.75, 3.05) is 13.2 Å². The lowest BCUT2D eigenvalue weighted by molar-refractivity contribution is 0.0673. The number of nitrogens with one attached hydrogen (secondary N) is 1. The number of guanidine groups is 1. The van der Waals surface area contributed by atoms with Crippen LogP contribution in [0.4, 0.5) is 0 Å².